The molecule has 2 aliphatic rings. The second-order valence-corrected chi connectivity index (χ2v) is 6.21. The number of nitrogens with zero attached hydrogens (tertiary/aromatic N) is 1. The first kappa shape index (κ1) is 14.3. The monoisotopic (exact) mass is 268 g/mol. The van der Waals surface area contributed by atoms with E-state index < -0.39 is 5.97 Å². The molecule has 0 radical (unpaired) electrons. The number of carbonyl (C=O) groups excluding carboxylic acids is 1. The third-order valence-electron chi connectivity index (χ3n) is 4.74. The Kier molecular flexibility index (Phi) is 4.13. The van der Waals surface area contributed by atoms with Crippen molar-refractivity contribution in [3.63, 3.8) is 0 Å². The molecule has 2 atom stereocenters. The molecule has 1 saturated carbocycles. The Labute approximate surface area is 114 Å². The summed E-state index contributed by atoms with van der Waals surface area (Å²) in [7, 11) is 0. The van der Waals surface area contributed by atoms with Gasteiger partial charge in [-0.05, 0) is 37.5 Å². The highest BCUT2D eigenvalue weighted by atomic mass is 16.4. The minimum absolute atomic E-state index is 0.126. The van der Waals surface area contributed by atoms with Gasteiger partial charge < -0.3 is 15.7 Å². The van der Waals surface area contributed by atoms with Gasteiger partial charge in [-0.1, -0.05) is 6.92 Å². The summed E-state index contributed by atoms with van der Waals surface area (Å²) in [6.45, 7) is 3.92. The molecule has 1 aliphatic heterocycles. The minimum atomic E-state index is -0.753. The molecule has 19 heavy (non-hydrogen) atoms. The van der Waals surface area contributed by atoms with Crippen LogP contribution in [0.25, 0.3) is 0 Å². The van der Waals surface area contributed by atoms with Crippen LogP contribution in [0.15, 0.2) is 0 Å². The van der Waals surface area contributed by atoms with Gasteiger partial charge in [0.05, 0.1) is 5.41 Å². The number of hydrogen-bond acceptors (Lipinski definition) is 3. The maximum Gasteiger partial charge on any atom is 0.303 e. The van der Waals surface area contributed by atoms with Crippen molar-refractivity contribution in [2.24, 2.45) is 23.0 Å². The van der Waals surface area contributed by atoms with E-state index in [0.29, 0.717) is 19.0 Å². The summed E-state index contributed by atoms with van der Waals surface area (Å²) < 4.78 is 0. The fourth-order valence-corrected chi connectivity index (χ4v) is 3.09. The zero-order valence-electron chi connectivity index (χ0n) is 11.6. The number of piperidine rings is 1. The third-order valence-corrected chi connectivity index (χ3v) is 4.74. The molecule has 0 aromatic carbocycles. The Bertz CT molecular complexity index is 366. The summed E-state index contributed by atoms with van der Waals surface area (Å²) in [5.74, 6) is -0.123. The maximum atomic E-state index is 12.4. The van der Waals surface area contributed by atoms with Gasteiger partial charge in [0.2, 0.25) is 5.91 Å². The minimum Gasteiger partial charge on any atom is -0.481 e. The van der Waals surface area contributed by atoms with E-state index in [2.05, 4.69) is 0 Å². The highest BCUT2D eigenvalue weighted by Crippen LogP contribution is 2.46. The molecule has 1 saturated heterocycles. The predicted molar refractivity (Wildman–Crippen MR) is 71.4 cm³/mol. The number of likely N-dealkylation sites (tertiary alicyclic amines) is 1. The molecule has 108 valence electrons. The average Bonchev–Trinajstić information content (AvgIpc) is 3.18. The average molecular weight is 268 g/mol. The van der Waals surface area contributed by atoms with Crippen molar-refractivity contribution in [2.45, 2.75) is 39.0 Å². The van der Waals surface area contributed by atoms with Crippen LogP contribution in [0, 0.1) is 17.3 Å². The smallest absolute Gasteiger partial charge is 0.303 e. The van der Waals surface area contributed by atoms with Crippen LogP contribution in [0.4, 0.5) is 0 Å². The summed E-state index contributed by atoms with van der Waals surface area (Å²) in [6.07, 6.45) is 4.01. The van der Waals surface area contributed by atoms with Crippen LogP contribution in [0.3, 0.4) is 0 Å². The molecule has 0 aromatic heterocycles. The van der Waals surface area contributed by atoms with E-state index >= 15 is 0 Å². The van der Waals surface area contributed by atoms with Crippen LogP contribution in [-0.4, -0.2) is 41.5 Å². The van der Waals surface area contributed by atoms with E-state index in [1.165, 1.54) is 0 Å². The van der Waals surface area contributed by atoms with Crippen molar-refractivity contribution in [2.75, 3.05) is 19.6 Å². The topological polar surface area (TPSA) is 83.6 Å². The number of aliphatic carboxylic acids is 1. The molecule has 0 bridgehead atoms. The van der Waals surface area contributed by atoms with Gasteiger partial charge in [0.1, 0.15) is 0 Å². The lowest BCUT2D eigenvalue weighted by Gasteiger charge is -2.37. The van der Waals surface area contributed by atoms with Gasteiger partial charge in [-0.15, -0.1) is 0 Å². The Morgan fingerprint density at radius 2 is 2.16 bits per heavy atom. The molecular weight excluding hydrogens is 244 g/mol. The van der Waals surface area contributed by atoms with Gasteiger partial charge in [0, 0.05) is 26.1 Å². The summed E-state index contributed by atoms with van der Waals surface area (Å²) in [6, 6.07) is 0. The molecule has 2 unspecified atom stereocenters. The molecule has 5 nitrogen and oxygen atoms in total. The highest BCUT2D eigenvalue weighted by Gasteiger charge is 2.51. The van der Waals surface area contributed by atoms with Crippen molar-refractivity contribution in [3.8, 4) is 0 Å². The van der Waals surface area contributed by atoms with Gasteiger partial charge in [0.25, 0.3) is 0 Å². The first-order valence-corrected chi connectivity index (χ1v) is 7.20. The van der Waals surface area contributed by atoms with Crippen LogP contribution >= 0.6 is 0 Å². The molecule has 0 aromatic rings. The zero-order valence-corrected chi connectivity index (χ0v) is 11.6. The number of rotatable bonds is 5. The summed E-state index contributed by atoms with van der Waals surface area (Å²) in [4.78, 5) is 25.1. The van der Waals surface area contributed by atoms with E-state index in [4.69, 9.17) is 10.8 Å². The van der Waals surface area contributed by atoms with Crippen molar-refractivity contribution in [1.82, 2.24) is 4.90 Å². The molecule has 3 N–H and O–H groups in total. The lowest BCUT2D eigenvalue weighted by atomic mass is 9.84. The first-order chi connectivity index (χ1) is 8.98. The number of carboxylic acid groups (broad SMARTS) is 1. The lowest BCUT2D eigenvalue weighted by molar-refractivity contribution is -0.140. The van der Waals surface area contributed by atoms with Crippen molar-refractivity contribution in [3.05, 3.63) is 0 Å². The fourth-order valence-electron chi connectivity index (χ4n) is 3.09. The van der Waals surface area contributed by atoms with Crippen LogP contribution in [-0.2, 0) is 9.59 Å². The SMILES string of the molecule is CC(CC(=O)O)C1CCCN(C(=O)C2(CN)CC2)C1. The van der Waals surface area contributed by atoms with Crippen molar-refractivity contribution >= 4 is 11.9 Å². The van der Waals surface area contributed by atoms with Crippen LogP contribution in [0.5, 0.6) is 0 Å². The largest absolute Gasteiger partial charge is 0.481 e. The molecule has 1 heterocycles. The molecule has 2 fully saturated rings. The standard InChI is InChI=1S/C14H24N2O3/c1-10(7-12(17)18)11-3-2-6-16(8-11)13(19)14(9-15)4-5-14/h10-11H,2-9,15H2,1H3,(H,17,18). The Hall–Kier alpha value is -1.10. The Morgan fingerprint density at radius 1 is 1.47 bits per heavy atom. The molecule has 2 rings (SSSR count). The van der Waals surface area contributed by atoms with Crippen molar-refractivity contribution in [1.29, 1.82) is 0 Å². The van der Waals surface area contributed by atoms with E-state index in [1.54, 1.807) is 0 Å². The fraction of sp³-hybridized carbons (Fsp3) is 0.857. The molecular formula is C14H24N2O3. The Morgan fingerprint density at radius 3 is 2.68 bits per heavy atom. The van der Waals surface area contributed by atoms with Gasteiger partial charge in [-0.25, -0.2) is 0 Å². The van der Waals surface area contributed by atoms with Gasteiger partial charge >= 0.3 is 5.97 Å². The van der Waals surface area contributed by atoms with E-state index in [-0.39, 0.29) is 23.7 Å². The van der Waals surface area contributed by atoms with Crippen LogP contribution in [0.2, 0.25) is 0 Å². The van der Waals surface area contributed by atoms with Crippen molar-refractivity contribution < 1.29 is 14.7 Å². The maximum absolute atomic E-state index is 12.4. The number of hydrogen-bond donors (Lipinski definition) is 2. The molecule has 1 aliphatic carbocycles. The zero-order chi connectivity index (χ0) is 14.0. The quantitative estimate of drug-likeness (QED) is 0.781. The normalized spacial score (nSPS) is 26.8. The third kappa shape index (κ3) is 3.08. The van der Waals surface area contributed by atoms with Gasteiger partial charge in [0.15, 0.2) is 0 Å². The summed E-state index contributed by atoms with van der Waals surface area (Å²) >= 11 is 0. The van der Waals surface area contributed by atoms with E-state index in [1.807, 2.05) is 11.8 Å². The number of carbonyl (C=O) groups is 2. The number of nitrogens with two attached hydrogens (primary N) is 1. The predicted octanol–water partition coefficient (Wildman–Crippen LogP) is 1.07. The summed E-state index contributed by atoms with van der Waals surface area (Å²) in [5.41, 5.74) is 5.43. The Balaban J connectivity index is 1.93. The van der Waals surface area contributed by atoms with Gasteiger partial charge in [-0.2, -0.15) is 0 Å². The second kappa shape index (κ2) is 5.49. The lowest BCUT2D eigenvalue weighted by Crippen LogP contribution is -2.46. The van der Waals surface area contributed by atoms with Crippen LogP contribution in [0.1, 0.15) is 39.0 Å². The summed E-state index contributed by atoms with van der Waals surface area (Å²) in [5, 5.41) is 8.87. The van der Waals surface area contributed by atoms with E-state index in [9.17, 15) is 9.59 Å². The highest BCUT2D eigenvalue weighted by molar-refractivity contribution is 5.85. The van der Waals surface area contributed by atoms with Crippen LogP contribution < -0.4 is 5.73 Å². The number of amides is 1. The first-order valence-electron chi connectivity index (χ1n) is 7.20. The molecule has 0 spiro atoms. The molecule has 5 heteroatoms. The van der Waals surface area contributed by atoms with E-state index in [0.717, 1.165) is 32.2 Å². The van der Waals surface area contributed by atoms with Gasteiger partial charge in [-0.3, -0.25) is 9.59 Å². The second-order valence-electron chi connectivity index (χ2n) is 6.21. The number of carboxylic acids is 1. The molecule has 1 amide bonds.